The molecule has 0 aliphatic carbocycles. The molecule has 0 saturated carbocycles. The molecule has 4 amide bonds. The van der Waals surface area contributed by atoms with Gasteiger partial charge in [0.2, 0.25) is 23.6 Å². The highest BCUT2D eigenvalue weighted by Crippen LogP contribution is 2.54. The molecule has 2 aromatic carbocycles. The number of imide groups is 1. The van der Waals surface area contributed by atoms with Crippen LogP contribution in [0.2, 0.25) is 5.02 Å². The zero-order valence-electron chi connectivity index (χ0n) is 19.3. The number of rotatable bonds is 6. The predicted molar refractivity (Wildman–Crippen MR) is 127 cm³/mol. The maximum absolute atomic E-state index is 13.9. The molecule has 5 rings (SSSR count). The summed E-state index contributed by atoms with van der Waals surface area (Å²) in [6.07, 6.45) is 0.230. The summed E-state index contributed by atoms with van der Waals surface area (Å²) >= 11 is 6.29. The van der Waals surface area contributed by atoms with Crippen LogP contribution in [0.5, 0.6) is 5.75 Å². The van der Waals surface area contributed by atoms with Crippen molar-refractivity contribution in [1.29, 1.82) is 0 Å². The van der Waals surface area contributed by atoms with Gasteiger partial charge in [0.05, 0.1) is 31.2 Å². The number of hydrogen-bond acceptors (Lipinski definition) is 6. The lowest BCUT2D eigenvalue weighted by molar-refractivity contribution is -0.143. The number of nitrogens with two attached hydrogens (primary N) is 1. The Labute approximate surface area is 206 Å². The molecular weight excluding hydrogens is 472 g/mol. The van der Waals surface area contributed by atoms with Crippen LogP contribution in [0.3, 0.4) is 0 Å². The molecule has 4 N–H and O–H groups in total. The number of fused-ring (bicyclic) bond motifs is 4. The zero-order chi connectivity index (χ0) is 25.1. The fourth-order valence-electron chi connectivity index (χ4n) is 5.76. The molecule has 10 heteroatoms. The van der Waals surface area contributed by atoms with E-state index in [0.717, 1.165) is 0 Å². The summed E-state index contributed by atoms with van der Waals surface area (Å²) in [7, 11) is 1.52. The number of nitrogens with zero attached hydrogens (tertiary/aromatic N) is 1. The van der Waals surface area contributed by atoms with Gasteiger partial charge in [-0.15, -0.1) is 0 Å². The van der Waals surface area contributed by atoms with Crippen LogP contribution in [0.15, 0.2) is 36.4 Å². The fourth-order valence-corrected chi connectivity index (χ4v) is 5.91. The number of amides is 4. The van der Waals surface area contributed by atoms with Crippen LogP contribution in [0.1, 0.15) is 29.5 Å². The van der Waals surface area contributed by atoms with Crippen LogP contribution < -0.4 is 21.1 Å². The molecule has 3 aliphatic rings. The largest absolute Gasteiger partial charge is 0.496 e. The van der Waals surface area contributed by atoms with E-state index in [0.29, 0.717) is 33.1 Å². The fraction of sp³-hybridized carbons (Fsp3) is 0.360. The number of hydrogen-bond donors (Lipinski definition) is 3. The normalized spacial score (nSPS) is 26.8. The third-order valence-electron chi connectivity index (χ3n) is 7.40. The SMILES string of the molecule is COc1ccccc1CN1C(=O)[C@H]2[C@@H](C1=O)[C@]1(N[C@@H]2CCC(N)=O)C(=O)Nc2c1ccc(Cl)c2C. The Morgan fingerprint density at radius 2 is 1.91 bits per heavy atom. The summed E-state index contributed by atoms with van der Waals surface area (Å²) in [6.45, 7) is 1.80. The Morgan fingerprint density at radius 3 is 2.63 bits per heavy atom. The lowest BCUT2D eigenvalue weighted by Gasteiger charge is -2.29. The smallest absolute Gasteiger partial charge is 0.250 e. The zero-order valence-corrected chi connectivity index (χ0v) is 20.0. The first kappa shape index (κ1) is 23.3. The van der Waals surface area contributed by atoms with Crippen LogP contribution in [-0.4, -0.2) is 41.7 Å². The molecule has 2 saturated heterocycles. The lowest BCUT2D eigenvalue weighted by atomic mass is 9.76. The van der Waals surface area contributed by atoms with Gasteiger partial charge in [0, 0.05) is 28.6 Å². The number of ether oxygens (including phenoxy) is 1. The highest BCUT2D eigenvalue weighted by molar-refractivity contribution is 6.32. The number of para-hydroxylation sites is 1. The first-order valence-corrected chi connectivity index (χ1v) is 11.7. The van der Waals surface area contributed by atoms with Gasteiger partial charge >= 0.3 is 0 Å². The number of likely N-dealkylation sites (tertiary alicyclic amines) is 1. The second-order valence-corrected chi connectivity index (χ2v) is 9.60. The first-order chi connectivity index (χ1) is 16.7. The van der Waals surface area contributed by atoms with Crippen LogP contribution >= 0.6 is 11.6 Å². The van der Waals surface area contributed by atoms with Crippen LogP contribution in [0, 0.1) is 18.8 Å². The monoisotopic (exact) mass is 496 g/mol. The maximum Gasteiger partial charge on any atom is 0.250 e. The molecule has 2 fully saturated rings. The number of carbonyl (C=O) groups is 4. The van der Waals surface area contributed by atoms with E-state index in [4.69, 9.17) is 22.1 Å². The van der Waals surface area contributed by atoms with Gasteiger partial charge in [-0.25, -0.2) is 0 Å². The molecule has 3 aliphatic heterocycles. The number of primary amides is 1. The van der Waals surface area contributed by atoms with Gasteiger partial charge in [-0.3, -0.25) is 29.4 Å². The lowest BCUT2D eigenvalue weighted by Crippen LogP contribution is -2.53. The van der Waals surface area contributed by atoms with Crippen molar-refractivity contribution in [2.75, 3.05) is 12.4 Å². The second-order valence-electron chi connectivity index (χ2n) is 9.19. The molecule has 3 heterocycles. The third-order valence-corrected chi connectivity index (χ3v) is 7.81. The quantitative estimate of drug-likeness (QED) is 0.523. The molecule has 4 atom stereocenters. The van der Waals surface area contributed by atoms with Gasteiger partial charge in [0.25, 0.3) is 0 Å². The van der Waals surface area contributed by atoms with Crippen molar-refractivity contribution >= 4 is 40.9 Å². The van der Waals surface area contributed by atoms with E-state index in [-0.39, 0.29) is 19.4 Å². The second kappa shape index (κ2) is 8.35. The van der Waals surface area contributed by atoms with Crippen molar-refractivity contribution in [3.05, 3.63) is 58.1 Å². The Hall–Kier alpha value is -3.43. The minimum absolute atomic E-state index is 0.0130. The Kier molecular flexibility index (Phi) is 5.56. The molecule has 0 radical (unpaired) electrons. The summed E-state index contributed by atoms with van der Waals surface area (Å²) < 4.78 is 5.40. The number of methoxy groups -OCH3 is 1. The van der Waals surface area contributed by atoms with E-state index >= 15 is 0 Å². The Bertz CT molecular complexity index is 1280. The molecule has 9 nitrogen and oxygen atoms in total. The van der Waals surface area contributed by atoms with E-state index in [9.17, 15) is 19.2 Å². The summed E-state index contributed by atoms with van der Waals surface area (Å²) in [6, 6.07) is 9.94. The summed E-state index contributed by atoms with van der Waals surface area (Å²) in [5, 5.41) is 6.64. The standard InChI is InChI=1S/C25H25ClN4O5/c1-12-15(26)8-7-14-21(12)28-24(34)25(14)20-19(16(29-25)9-10-18(27)31)22(32)30(23(20)33)11-13-5-3-4-6-17(13)35-2/h3-8,16,19-20,29H,9-11H2,1-2H3,(H2,27,31)(H,28,34)/t16-,19-,20+,25+/m1/s1. The average molecular weight is 497 g/mol. The van der Waals surface area contributed by atoms with Crippen LogP contribution in [-0.2, 0) is 31.3 Å². The molecule has 2 aromatic rings. The minimum Gasteiger partial charge on any atom is -0.496 e. The number of nitrogens with one attached hydrogen (secondary N) is 2. The highest BCUT2D eigenvalue weighted by Gasteiger charge is 2.70. The van der Waals surface area contributed by atoms with E-state index in [1.54, 1.807) is 43.3 Å². The number of carbonyl (C=O) groups excluding carboxylic acids is 4. The topological polar surface area (TPSA) is 131 Å². The van der Waals surface area contributed by atoms with Crippen molar-refractivity contribution in [1.82, 2.24) is 10.2 Å². The molecule has 35 heavy (non-hydrogen) atoms. The first-order valence-electron chi connectivity index (χ1n) is 11.3. The predicted octanol–water partition coefficient (Wildman–Crippen LogP) is 1.84. The minimum atomic E-state index is -1.46. The van der Waals surface area contributed by atoms with Gasteiger partial charge in [0.15, 0.2) is 0 Å². The van der Waals surface area contributed by atoms with Crippen molar-refractivity contribution in [2.24, 2.45) is 17.6 Å². The van der Waals surface area contributed by atoms with E-state index in [2.05, 4.69) is 10.6 Å². The molecule has 182 valence electrons. The number of halogens is 1. The Morgan fingerprint density at radius 1 is 1.17 bits per heavy atom. The van der Waals surface area contributed by atoms with Gasteiger partial charge in [-0.05, 0) is 31.0 Å². The summed E-state index contributed by atoms with van der Waals surface area (Å²) in [5.41, 5.74) is 6.38. The van der Waals surface area contributed by atoms with Gasteiger partial charge < -0.3 is 15.8 Å². The van der Waals surface area contributed by atoms with Crippen molar-refractivity contribution in [3.8, 4) is 5.75 Å². The molecule has 0 aromatic heterocycles. The molecular formula is C25H25ClN4O5. The van der Waals surface area contributed by atoms with Crippen molar-refractivity contribution < 1.29 is 23.9 Å². The van der Waals surface area contributed by atoms with E-state index in [1.807, 2.05) is 0 Å². The third kappa shape index (κ3) is 3.33. The molecule has 1 spiro atoms. The molecule has 0 unspecified atom stereocenters. The highest BCUT2D eigenvalue weighted by atomic mass is 35.5. The van der Waals surface area contributed by atoms with Gasteiger partial charge in [0.1, 0.15) is 11.3 Å². The van der Waals surface area contributed by atoms with E-state index in [1.165, 1.54) is 12.0 Å². The maximum atomic E-state index is 13.9. The van der Waals surface area contributed by atoms with Crippen LogP contribution in [0.4, 0.5) is 5.69 Å². The Balaban J connectivity index is 1.60. The average Bonchev–Trinajstić information content (AvgIpc) is 3.41. The summed E-state index contributed by atoms with van der Waals surface area (Å²) in [5.74, 6) is -3.04. The van der Waals surface area contributed by atoms with Gasteiger partial charge in [-0.2, -0.15) is 0 Å². The van der Waals surface area contributed by atoms with Gasteiger partial charge in [-0.1, -0.05) is 35.9 Å². The van der Waals surface area contributed by atoms with Crippen molar-refractivity contribution in [3.63, 3.8) is 0 Å². The summed E-state index contributed by atoms with van der Waals surface area (Å²) in [4.78, 5) is 53.9. The van der Waals surface area contributed by atoms with E-state index < -0.39 is 47.0 Å². The molecule has 0 bridgehead atoms. The van der Waals surface area contributed by atoms with Crippen LogP contribution in [0.25, 0.3) is 0 Å². The number of anilines is 1. The van der Waals surface area contributed by atoms with Crippen molar-refractivity contribution in [2.45, 2.75) is 37.9 Å². The number of benzene rings is 2.